The number of carbonyl (C=O) groups is 1. The number of fused-ring (bicyclic) bond motifs is 2. The summed E-state index contributed by atoms with van der Waals surface area (Å²) in [6, 6.07) is 3.56. The Labute approximate surface area is 224 Å². The zero-order chi connectivity index (χ0) is 27.9. The van der Waals surface area contributed by atoms with Crippen LogP contribution in [0.15, 0.2) is 23.3 Å². The van der Waals surface area contributed by atoms with E-state index in [1.807, 2.05) is 19.9 Å². The van der Waals surface area contributed by atoms with E-state index in [1.165, 1.54) is 10.7 Å². The first-order valence-electron chi connectivity index (χ1n) is 13.2. The summed E-state index contributed by atoms with van der Waals surface area (Å²) in [6.07, 6.45) is 1.70. The monoisotopic (exact) mass is 542 g/mol. The molecule has 5 rings (SSSR count). The van der Waals surface area contributed by atoms with Crippen molar-refractivity contribution in [1.29, 1.82) is 0 Å². The predicted molar refractivity (Wildman–Crippen MR) is 144 cm³/mol. The molecule has 4 heterocycles. The molecule has 1 aliphatic heterocycles. The van der Waals surface area contributed by atoms with Crippen molar-refractivity contribution in [2.45, 2.75) is 64.8 Å². The second kappa shape index (κ2) is 10.5. The molecule has 2 aliphatic rings. The Morgan fingerprint density at radius 2 is 2.00 bits per heavy atom. The first-order valence-corrected chi connectivity index (χ1v) is 13.2. The van der Waals surface area contributed by atoms with Crippen molar-refractivity contribution >= 4 is 34.6 Å². The summed E-state index contributed by atoms with van der Waals surface area (Å²) in [6.45, 7) is 3.83. The maximum absolute atomic E-state index is 15.4. The van der Waals surface area contributed by atoms with E-state index in [2.05, 4.69) is 31.0 Å². The minimum atomic E-state index is -2.32. The van der Waals surface area contributed by atoms with Crippen LogP contribution in [0, 0.1) is 17.2 Å². The molecule has 1 atom stereocenters. The Hall–Kier alpha value is -3.70. The van der Waals surface area contributed by atoms with E-state index < -0.39 is 17.7 Å². The number of alkyl halides is 2. The molecule has 1 amide bonds. The number of rotatable bonds is 9. The van der Waals surface area contributed by atoms with Gasteiger partial charge < -0.3 is 16.0 Å². The summed E-state index contributed by atoms with van der Waals surface area (Å²) < 4.78 is 42.1. The van der Waals surface area contributed by atoms with Gasteiger partial charge in [-0.05, 0) is 51.2 Å². The van der Waals surface area contributed by atoms with Crippen molar-refractivity contribution in [3.8, 4) is 11.3 Å². The Kier molecular flexibility index (Phi) is 7.21. The van der Waals surface area contributed by atoms with Crippen molar-refractivity contribution in [3.63, 3.8) is 0 Å². The second-order valence-electron chi connectivity index (χ2n) is 10.7. The number of hydrogen-bond donors (Lipinski definition) is 3. The second-order valence-corrected chi connectivity index (χ2v) is 10.7. The zero-order valence-corrected chi connectivity index (χ0v) is 22.5. The molecule has 1 unspecified atom stereocenters. The van der Waals surface area contributed by atoms with Crippen molar-refractivity contribution in [2.75, 3.05) is 24.7 Å². The van der Waals surface area contributed by atoms with Crippen LogP contribution in [0.2, 0.25) is 0 Å². The Balaban J connectivity index is 1.41. The van der Waals surface area contributed by atoms with Crippen LogP contribution in [-0.2, 0) is 11.2 Å². The third-order valence-electron chi connectivity index (χ3n) is 7.83. The van der Waals surface area contributed by atoms with Crippen LogP contribution in [0.3, 0.4) is 0 Å². The smallest absolute Gasteiger partial charge is 0.243 e. The van der Waals surface area contributed by atoms with Gasteiger partial charge in [0.25, 0.3) is 0 Å². The first-order chi connectivity index (χ1) is 18.6. The number of anilines is 2. The van der Waals surface area contributed by atoms with Gasteiger partial charge in [0.15, 0.2) is 11.6 Å². The van der Waals surface area contributed by atoms with Gasteiger partial charge in [-0.25, -0.2) is 17.7 Å². The highest BCUT2D eigenvalue weighted by atomic mass is 19.3. The molecule has 12 heteroatoms. The zero-order valence-electron chi connectivity index (χ0n) is 22.5. The molecule has 1 aliphatic carbocycles. The molecule has 39 heavy (non-hydrogen) atoms. The number of carbonyl (C=O) groups excluding carboxylic acids is 1. The molecular formula is C27H33F3N8O. The molecule has 1 fully saturated rings. The molecule has 3 aromatic rings. The third kappa shape index (κ3) is 5.16. The number of halogens is 3. The van der Waals surface area contributed by atoms with Crippen LogP contribution < -0.4 is 16.0 Å². The van der Waals surface area contributed by atoms with Gasteiger partial charge in [-0.1, -0.05) is 6.92 Å². The lowest BCUT2D eigenvalue weighted by molar-refractivity contribution is -0.134. The van der Waals surface area contributed by atoms with Gasteiger partial charge in [0.05, 0.1) is 34.3 Å². The van der Waals surface area contributed by atoms with Crippen molar-refractivity contribution in [2.24, 2.45) is 16.3 Å². The minimum absolute atomic E-state index is 0.00263. The first kappa shape index (κ1) is 26.9. The molecule has 0 saturated heterocycles. The van der Waals surface area contributed by atoms with Gasteiger partial charge in [0.1, 0.15) is 5.52 Å². The number of aliphatic imine (C=N–C) groups is 1. The summed E-state index contributed by atoms with van der Waals surface area (Å²) in [5.74, 6) is 0.287. The molecule has 0 aromatic carbocycles. The third-order valence-corrected chi connectivity index (χ3v) is 7.83. The van der Waals surface area contributed by atoms with Crippen molar-refractivity contribution in [1.82, 2.24) is 24.9 Å². The number of nitrogens with zero attached hydrogens (tertiary/aromatic N) is 5. The van der Waals surface area contributed by atoms with Crippen molar-refractivity contribution in [3.05, 3.63) is 29.8 Å². The van der Waals surface area contributed by atoms with E-state index in [9.17, 15) is 13.6 Å². The molecule has 3 N–H and O–H groups in total. The molecular weight excluding hydrogens is 509 g/mol. The Bertz CT molecular complexity index is 1430. The lowest BCUT2D eigenvalue weighted by Gasteiger charge is -2.43. The number of aromatic nitrogens is 4. The highest BCUT2D eigenvalue weighted by Gasteiger charge is 2.46. The number of amides is 1. The van der Waals surface area contributed by atoms with E-state index >= 15 is 4.39 Å². The summed E-state index contributed by atoms with van der Waals surface area (Å²) in [5, 5.41) is 13.5. The van der Waals surface area contributed by atoms with E-state index in [4.69, 9.17) is 4.98 Å². The molecule has 9 nitrogen and oxygen atoms in total. The fourth-order valence-electron chi connectivity index (χ4n) is 5.71. The molecule has 208 valence electrons. The van der Waals surface area contributed by atoms with Gasteiger partial charge in [-0.2, -0.15) is 4.98 Å². The van der Waals surface area contributed by atoms with Gasteiger partial charge in [-0.3, -0.25) is 14.8 Å². The van der Waals surface area contributed by atoms with Crippen LogP contribution >= 0.6 is 0 Å². The van der Waals surface area contributed by atoms with E-state index in [0.29, 0.717) is 66.5 Å². The Morgan fingerprint density at radius 1 is 1.23 bits per heavy atom. The SMILES string of the molecule is CNC(=O)C1(C)CC(Nc2nc(NC)c3c(-c4ccc5c(n4)CC(CCCC(F)F)C(C)=N5)c(F)cn3n2)C1. The number of hydrogen-bond acceptors (Lipinski definition) is 7. The number of pyridine rings is 1. The summed E-state index contributed by atoms with van der Waals surface area (Å²) in [5.41, 5.74) is 3.04. The summed E-state index contributed by atoms with van der Waals surface area (Å²) in [7, 11) is 3.33. The molecule has 1 saturated carbocycles. The van der Waals surface area contributed by atoms with Crippen LogP contribution in [0.4, 0.5) is 30.6 Å². The van der Waals surface area contributed by atoms with E-state index in [-0.39, 0.29) is 29.9 Å². The fourth-order valence-corrected chi connectivity index (χ4v) is 5.71. The number of nitrogens with one attached hydrogen (secondary N) is 3. The minimum Gasteiger partial charge on any atom is -0.371 e. The molecule has 0 radical (unpaired) electrons. The standard InChI is InChI=1S/C27H33F3N8O/c1-14-15(6-5-7-21(29)30)10-20-18(33-14)8-9-19(35-20)22-17(28)13-38-23(22)24(31-3)36-26(37-38)34-16-11-27(2,12-16)25(39)32-4/h8-9,13,15-16,21H,5-7,10-12H2,1-4H3,(H,32,39)(H2,31,34,36,37). The maximum Gasteiger partial charge on any atom is 0.243 e. The van der Waals surface area contributed by atoms with Crippen molar-refractivity contribution < 1.29 is 18.0 Å². The predicted octanol–water partition coefficient (Wildman–Crippen LogP) is 5.00. The average Bonchev–Trinajstić information content (AvgIpc) is 3.22. The van der Waals surface area contributed by atoms with Crippen LogP contribution in [-0.4, -0.2) is 57.8 Å². The lowest BCUT2D eigenvalue weighted by atomic mass is 9.66. The normalized spacial score (nSPS) is 22.3. The highest BCUT2D eigenvalue weighted by molar-refractivity contribution is 5.91. The molecule has 3 aromatic heterocycles. The van der Waals surface area contributed by atoms with Gasteiger partial charge in [0, 0.05) is 38.2 Å². The highest BCUT2D eigenvalue weighted by Crippen LogP contribution is 2.42. The summed E-state index contributed by atoms with van der Waals surface area (Å²) >= 11 is 0. The van der Waals surface area contributed by atoms with Gasteiger partial charge >= 0.3 is 0 Å². The maximum atomic E-state index is 15.4. The quantitative estimate of drug-likeness (QED) is 0.351. The topological polar surface area (TPSA) is 109 Å². The van der Waals surface area contributed by atoms with E-state index in [1.54, 1.807) is 20.2 Å². The van der Waals surface area contributed by atoms with Gasteiger partial charge in [-0.15, -0.1) is 5.10 Å². The van der Waals surface area contributed by atoms with E-state index in [0.717, 1.165) is 5.71 Å². The van der Waals surface area contributed by atoms with Crippen LogP contribution in [0.25, 0.3) is 16.8 Å². The largest absolute Gasteiger partial charge is 0.371 e. The fraction of sp³-hybridized carbons (Fsp3) is 0.519. The lowest BCUT2D eigenvalue weighted by Crippen LogP contribution is -2.51. The Morgan fingerprint density at radius 3 is 2.69 bits per heavy atom. The summed E-state index contributed by atoms with van der Waals surface area (Å²) in [4.78, 5) is 26.1. The molecule has 0 bridgehead atoms. The van der Waals surface area contributed by atoms with Crippen LogP contribution in [0.1, 0.15) is 51.6 Å². The molecule has 0 spiro atoms. The average molecular weight is 543 g/mol. The van der Waals surface area contributed by atoms with Gasteiger partial charge in [0.2, 0.25) is 18.3 Å². The van der Waals surface area contributed by atoms with Crippen LogP contribution in [0.5, 0.6) is 0 Å².